The number of rotatable bonds is 10. The number of nitrogens with one attached hydrogen (secondary N) is 2. The van der Waals surface area contributed by atoms with Gasteiger partial charge < -0.3 is 15.7 Å². The number of nitrogens with zero attached hydrogens (tertiary/aromatic N) is 1. The number of nitrogens with two attached hydrogens (primary N) is 1. The van der Waals surface area contributed by atoms with Crippen LogP contribution in [0.4, 0.5) is 4.79 Å². The van der Waals surface area contributed by atoms with E-state index in [1.165, 1.54) is 31.2 Å². The largest absolute Gasteiger partial charge is 0.465 e. The summed E-state index contributed by atoms with van der Waals surface area (Å²) in [6.07, 6.45) is 6.18. The number of hydrogen-bond donors (Lipinski definition) is 4. The fraction of sp³-hybridized carbons (Fsp3) is 0.833. The van der Waals surface area contributed by atoms with Gasteiger partial charge in [-0.25, -0.2) is 10.2 Å². The lowest BCUT2D eigenvalue weighted by molar-refractivity contribution is -0.128. The molecule has 150 valence electrons. The van der Waals surface area contributed by atoms with Crippen molar-refractivity contribution in [1.82, 2.24) is 15.8 Å². The van der Waals surface area contributed by atoms with E-state index in [-0.39, 0.29) is 24.8 Å². The number of amides is 3. The van der Waals surface area contributed by atoms with E-state index in [4.69, 9.17) is 5.73 Å². The van der Waals surface area contributed by atoms with Crippen LogP contribution in [0, 0.1) is 11.8 Å². The van der Waals surface area contributed by atoms with E-state index in [2.05, 4.69) is 10.9 Å². The van der Waals surface area contributed by atoms with E-state index in [0.717, 1.165) is 19.3 Å². The van der Waals surface area contributed by atoms with E-state index in [1.807, 2.05) is 13.8 Å². The molecule has 8 nitrogen and oxygen atoms in total. The second-order valence-corrected chi connectivity index (χ2v) is 7.93. The van der Waals surface area contributed by atoms with Crippen LogP contribution in [0.1, 0.15) is 65.2 Å². The van der Waals surface area contributed by atoms with Crippen LogP contribution >= 0.6 is 0 Å². The zero-order valence-corrected chi connectivity index (χ0v) is 16.2. The van der Waals surface area contributed by atoms with Gasteiger partial charge in [0.25, 0.3) is 0 Å². The van der Waals surface area contributed by atoms with E-state index in [9.17, 15) is 19.5 Å². The van der Waals surface area contributed by atoms with Crippen LogP contribution < -0.4 is 16.6 Å². The second-order valence-electron chi connectivity index (χ2n) is 7.93. The fourth-order valence-corrected chi connectivity index (χ4v) is 3.54. The van der Waals surface area contributed by atoms with Crippen molar-refractivity contribution >= 4 is 17.9 Å². The van der Waals surface area contributed by atoms with Gasteiger partial charge in [0.15, 0.2) is 0 Å². The Labute approximate surface area is 155 Å². The molecule has 0 spiro atoms. The van der Waals surface area contributed by atoms with Crippen LogP contribution in [0.5, 0.6) is 0 Å². The van der Waals surface area contributed by atoms with Gasteiger partial charge in [0, 0.05) is 31.5 Å². The van der Waals surface area contributed by atoms with Gasteiger partial charge in [-0.3, -0.25) is 15.0 Å². The van der Waals surface area contributed by atoms with Crippen molar-refractivity contribution in [2.45, 2.75) is 70.8 Å². The number of carbonyl (C=O) groups excluding carboxylic acids is 2. The molecule has 0 aromatic carbocycles. The van der Waals surface area contributed by atoms with Crippen molar-refractivity contribution in [3.05, 3.63) is 0 Å². The van der Waals surface area contributed by atoms with Crippen LogP contribution in [-0.4, -0.2) is 47.0 Å². The van der Waals surface area contributed by atoms with E-state index in [1.54, 1.807) is 0 Å². The lowest BCUT2D eigenvalue weighted by Gasteiger charge is -2.37. The molecule has 3 amide bonds. The van der Waals surface area contributed by atoms with Gasteiger partial charge in [-0.2, -0.15) is 0 Å². The van der Waals surface area contributed by atoms with Crippen molar-refractivity contribution in [2.75, 3.05) is 13.6 Å². The minimum atomic E-state index is -1.01. The standard InChI is InChI=1S/C18H34N4O4/c1-18(2,22(3)17(25)26)12-14(11-13-7-5-4-6-8-13)16(24)21-20-10-9-15(19)23/h13-14,20H,4-12H2,1-3H3,(H2,19,23)(H,21,24)(H,25,26)/t14-/m0/s1. The van der Waals surface area contributed by atoms with Gasteiger partial charge >= 0.3 is 6.09 Å². The van der Waals surface area contributed by atoms with Crippen molar-refractivity contribution in [3.8, 4) is 0 Å². The Balaban J connectivity index is 2.71. The zero-order valence-electron chi connectivity index (χ0n) is 16.2. The molecule has 1 aliphatic carbocycles. The van der Waals surface area contributed by atoms with Gasteiger partial charge in [-0.05, 0) is 32.6 Å². The minimum Gasteiger partial charge on any atom is -0.465 e. The van der Waals surface area contributed by atoms with E-state index < -0.39 is 17.5 Å². The molecule has 26 heavy (non-hydrogen) atoms. The topological polar surface area (TPSA) is 125 Å². The molecule has 0 aliphatic heterocycles. The highest BCUT2D eigenvalue weighted by atomic mass is 16.4. The molecule has 0 aromatic rings. The predicted octanol–water partition coefficient (Wildman–Crippen LogP) is 1.85. The third-order valence-electron chi connectivity index (χ3n) is 5.36. The van der Waals surface area contributed by atoms with Gasteiger partial charge in [0.05, 0.1) is 0 Å². The van der Waals surface area contributed by atoms with Crippen LogP contribution in [0.25, 0.3) is 0 Å². The fourth-order valence-electron chi connectivity index (χ4n) is 3.54. The Morgan fingerprint density at radius 3 is 2.38 bits per heavy atom. The van der Waals surface area contributed by atoms with Gasteiger partial charge in [0.2, 0.25) is 11.8 Å². The van der Waals surface area contributed by atoms with Crippen LogP contribution in [0.3, 0.4) is 0 Å². The SMILES string of the molecule is CN(C(=O)O)C(C)(C)C[C@H](CC1CCCCC1)C(=O)NNCCC(N)=O. The summed E-state index contributed by atoms with van der Waals surface area (Å²) < 4.78 is 0. The second kappa shape index (κ2) is 10.4. The summed E-state index contributed by atoms with van der Waals surface area (Å²) in [5, 5.41) is 9.29. The molecule has 1 fully saturated rings. The molecule has 0 unspecified atom stereocenters. The maximum atomic E-state index is 12.7. The summed E-state index contributed by atoms with van der Waals surface area (Å²) >= 11 is 0. The van der Waals surface area contributed by atoms with E-state index in [0.29, 0.717) is 12.3 Å². The quantitative estimate of drug-likeness (QED) is 0.345. The van der Waals surface area contributed by atoms with Crippen molar-refractivity contribution in [3.63, 3.8) is 0 Å². The molecule has 0 aromatic heterocycles. The Kier molecular flexibility index (Phi) is 8.84. The average Bonchev–Trinajstić information content (AvgIpc) is 2.57. The minimum absolute atomic E-state index is 0.140. The number of hydrogen-bond acceptors (Lipinski definition) is 4. The molecule has 1 aliphatic rings. The first-order valence-corrected chi connectivity index (χ1v) is 9.41. The summed E-state index contributed by atoms with van der Waals surface area (Å²) in [5.41, 5.74) is 9.83. The number of hydrazine groups is 1. The normalized spacial score (nSPS) is 16.7. The van der Waals surface area contributed by atoms with Gasteiger partial charge in [-0.1, -0.05) is 32.1 Å². The lowest BCUT2D eigenvalue weighted by atomic mass is 9.78. The highest BCUT2D eigenvalue weighted by molar-refractivity contribution is 5.78. The van der Waals surface area contributed by atoms with Gasteiger partial charge in [0.1, 0.15) is 0 Å². The maximum Gasteiger partial charge on any atom is 0.407 e. The third-order valence-corrected chi connectivity index (χ3v) is 5.36. The predicted molar refractivity (Wildman–Crippen MR) is 99.1 cm³/mol. The summed E-state index contributed by atoms with van der Waals surface area (Å²) in [7, 11) is 1.53. The number of carboxylic acid groups (broad SMARTS) is 1. The van der Waals surface area contributed by atoms with Crippen LogP contribution in [0.2, 0.25) is 0 Å². The summed E-state index contributed by atoms with van der Waals surface area (Å²) in [5.74, 6) is -0.395. The molecular formula is C18H34N4O4. The molecule has 1 atom stereocenters. The zero-order chi connectivity index (χ0) is 19.7. The first kappa shape index (κ1) is 22.2. The number of carbonyl (C=O) groups is 3. The summed E-state index contributed by atoms with van der Waals surface area (Å²) in [6.45, 7) is 3.95. The molecule has 0 radical (unpaired) electrons. The molecule has 8 heteroatoms. The van der Waals surface area contributed by atoms with Crippen LogP contribution in [0.15, 0.2) is 0 Å². The lowest BCUT2D eigenvalue weighted by Crippen LogP contribution is -2.49. The van der Waals surface area contributed by atoms with Crippen molar-refractivity contribution in [2.24, 2.45) is 17.6 Å². The molecule has 5 N–H and O–H groups in total. The summed E-state index contributed by atoms with van der Waals surface area (Å²) in [6, 6.07) is 0. The van der Waals surface area contributed by atoms with Crippen molar-refractivity contribution in [1.29, 1.82) is 0 Å². The Hall–Kier alpha value is -1.83. The highest BCUT2D eigenvalue weighted by Crippen LogP contribution is 2.33. The monoisotopic (exact) mass is 370 g/mol. The number of primary amides is 1. The first-order valence-electron chi connectivity index (χ1n) is 9.41. The van der Waals surface area contributed by atoms with Crippen molar-refractivity contribution < 1.29 is 19.5 Å². The van der Waals surface area contributed by atoms with Crippen LogP contribution in [-0.2, 0) is 9.59 Å². The summed E-state index contributed by atoms with van der Waals surface area (Å²) in [4.78, 5) is 36.0. The molecule has 1 saturated carbocycles. The Morgan fingerprint density at radius 2 is 1.85 bits per heavy atom. The highest BCUT2D eigenvalue weighted by Gasteiger charge is 2.34. The molecule has 1 rings (SSSR count). The van der Waals surface area contributed by atoms with E-state index >= 15 is 0 Å². The maximum absolute atomic E-state index is 12.7. The van der Waals surface area contributed by atoms with Gasteiger partial charge in [-0.15, -0.1) is 0 Å². The Morgan fingerprint density at radius 1 is 1.23 bits per heavy atom. The molecule has 0 saturated heterocycles. The first-order chi connectivity index (χ1) is 12.1. The average molecular weight is 370 g/mol. The molecule has 0 heterocycles. The smallest absolute Gasteiger partial charge is 0.407 e. The molecular weight excluding hydrogens is 336 g/mol. The molecule has 0 bridgehead atoms. The Bertz CT molecular complexity index is 490. The third kappa shape index (κ3) is 7.59.